The fourth-order valence-corrected chi connectivity index (χ4v) is 4.49. The first-order chi connectivity index (χ1) is 10.7. The molecule has 1 heterocycles. The molecule has 2 aliphatic rings. The van der Waals surface area contributed by atoms with Gasteiger partial charge in [-0.25, -0.2) is 0 Å². The first kappa shape index (κ1) is 15.5. The number of carbonyl (C=O) groups is 1. The molecule has 0 unspecified atom stereocenters. The number of rotatable bonds is 3. The smallest absolute Gasteiger partial charge is 0.150 e. The van der Waals surface area contributed by atoms with Crippen molar-refractivity contribution in [1.29, 1.82) is 0 Å². The van der Waals surface area contributed by atoms with Gasteiger partial charge >= 0.3 is 0 Å². The van der Waals surface area contributed by atoms with E-state index < -0.39 is 0 Å². The third-order valence-corrected chi connectivity index (χ3v) is 5.55. The molecular weight excluding hydrogens is 272 g/mol. The average Bonchev–Trinajstić information content (AvgIpc) is 2.55. The molecule has 0 bridgehead atoms. The zero-order valence-electron chi connectivity index (χ0n) is 14.0. The highest BCUT2D eigenvalue weighted by Gasteiger charge is 2.29. The summed E-state index contributed by atoms with van der Waals surface area (Å²) in [5.74, 6) is 0. The standard InChI is InChI=1S/C19H28N2O/c1-15-12-17(14-22)13-16(2)19(15)21-10-8-20(9-11-21)18-6-4-3-5-7-18/h12-14,18H,3-11H2,1-2H3/p+1. The Morgan fingerprint density at radius 3 is 2.18 bits per heavy atom. The van der Waals surface area contributed by atoms with Crippen LogP contribution in [0.1, 0.15) is 53.6 Å². The van der Waals surface area contributed by atoms with Gasteiger partial charge in [-0.1, -0.05) is 6.42 Å². The molecule has 0 spiro atoms. The zero-order chi connectivity index (χ0) is 15.5. The minimum absolute atomic E-state index is 0.796. The molecule has 1 aliphatic carbocycles. The molecule has 120 valence electrons. The van der Waals surface area contributed by atoms with Crippen LogP contribution >= 0.6 is 0 Å². The number of piperazine rings is 1. The van der Waals surface area contributed by atoms with Crippen molar-refractivity contribution in [3.63, 3.8) is 0 Å². The predicted octanol–water partition coefficient (Wildman–Crippen LogP) is 2.15. The lowest BCUT2D eigenvalue weighted by molar-refractivity contribution is -0.927. The maximum absolute atomic E-state index is 11.0. The highest BCUT2D eigenvalue weighted by molar-refractivity contribution is 5.78. The molecule has 0 aromatic heterocycles. The molecule has 1 aromatic rings. The van der Waals surface area contributed by atoms with Gasteiger partial charge in [-0.15, -0.1) is 0 Å². The van der Waals surface area contributed by atoms with Gasteiger partial charge in [-0.05, 0) is 62.8 Å². The number of nitrogens with one attached hydrogen (secondary N) is 1. The van der Waals surface area contributed by atoms with Gasteiger partial charge in [0.25, 0.3) is 0 Å². The molecule has 0 radical (unpaired) electrons. The SMILES string of the molecule is Cc1cc(C=O)cc(C)c1N1CC[NH+](C2CCCCC2)CC1. The van der Waals surface area contributed by atoms with E-state index in [0.29, 0.717) is 0 Å². The lowest BCUT2D eigenvalue weighted by Crippen LogP contribution is -3.18. The van der Waals surface area contributed by atoms with E-state index in [0.717, 1.165) is 31.0 Å². The Bertz CT molecular complexity index is 503. The van der Waals surface area contributed by atoms with E-state index in [4.69, 9.17) is 0 Å². The van der Waals surface area contributed by atoms with Crippen molar-refractivity contribution in [2.45, 2.75) is 52.0 Å². The predicted molar refractivity (Wildman–Crippen MR) is 91.1 cm³/mol. The number of hydrogen-bond acceptors (Lipinski definition) is 2. The summed E-state index contributed by atoms with van der Waals surface area (Å²) in [6.07, 6.45) is 8.13. The molecule has 1 aromatic carbocycles. The second kappa shape index (κ2) is 6.82. The van der Waals surface area contributed by atoms with Crippen LogP contribution in [0.3, 0.4) is 0 Å². The summed E-state index contributed by atoms with van der Waals surface area (Å²) in [6, 6.07) is 4.96. The van der Waals surface area contributed by atoms with E-state index in [1.165, 1.54) is 62.0 Å². The van der Waals surface area contributed by atoms with E-state index in [1.807, 2.05) is 17.0 Å². The second-order valence-corrected chi connectivity index (χ2v) is 7.10. The quantitative estimate of drug-likeness (QED) is 0.865. The van der Waals surface area contributed by atoms with Crippen LogP contribution in [-0.4, -0.2) is 38.5 Å². The van der Waals surface area contributed by atoms with E-state index in [2.05, 4.69) is 18.7 Å². The van der Waals surface area contributed by atoms with Crippen LogP contribution in [0.2, 0.25) is 0 Å². The van der Waals surface area contributed by atoms with E-state index in [9.17, 15) is 4.79 Å². The number of anilines is 1. The number of aldehydes is 1. The Balaban J connectivity index is 1.67. The summed E-state index contributed by atoms with van der Waals surface area (Å²) in [6.45, 7) is 9.09. The van der Waals surface area contributed by atoms with Crippen LogP contribution in [0.15, 0.2) is 12.1 Å². The van der Waals surface area contributed by atoms with Crippen LogP contribution in [-0.2, 0) is 0 Å². The van der Waals surface area contributed by atoms with Crippen LogP contribution in [0, 0.1) is 13.8 Å². The maximum Gasteiger partial charge on any atom is 0.150 e. The summed E-state index contributed by atoms with van der Waals surface area (Å²) < 4.78 is 0. The Hall–Kier alpha value is -1.35. The van der Waals surface area contributed by atoms with Gasteiger partial charge in [0.1, 0.15) is 6.29 Å². The third-order valence-electron chi connectivity index (χ3n) is 5.55. The molecular formula is C19H29N2O+. The van der Waals surface area contributed by atoms with Gasteiger partial charge in [0.05, 0.1) is 32.2 Å². The fourth-order valence-electron chi connectivity index (χ4n) is 4.49. The van der Waals surface area contributed by atoms with Crippen molar-refractivity contribution in [1.82, 2.24) is 0 Å². The third kappa shape index (κ3) is 3.19. The number of carbonyl (C=O) groups excluding carboxylic acids is 1. The van der Waals surface area contributed by atoms with Gasteiger partial charge < -0.3 is 9.80 Å². The molecule has 2 fully saturated rings. The second-order valence-electron chi connectivity index (χ2n) is 7.10. The molecule has 3 heteroatoms. The molecule has 1 saturated heterocycles. The van der Waals surface area contributed by atoms with E-state index in [1.54, 1.807) is 0 Å². The number of benzene rings is 1. The monoisotopic (exact) mass is 301 g/mol. The molecule has 3 nitrogen and oxygen atoms in total. The normalized spacial score (nSPS) is 21.1. The van der Waals surface area contributed by atoms with Crippen molar-refractivity contribution in [3.05, 3.63) is 28.8 Å². The summed E-state index contributed by atoms with van der Waals surface area (Å²) in [5, 5.41) is 0. The largest absolute Gasteiger partial charge is 0.360 e. The van der Waals surface area contributed by atoms with Gasteiger partial charge in [0.2, 0.25) is 0 Å². The van der Waals surface area contributed by atoms with E-state index in [-0.39, 0.29) is 0 Å². The minimum Gasteiger partial charge on any atom is -0.360 e. The number of hydrogen-bond donors (Lipinski definition) is 1. The minimum atomic E-state index is 0.796. The van der Waals surface area contributed by atoms with E-state index >= 15 is 0 Å². The lowest BCUT2D eigenvalue weighted by Gasteiger charge is -2.39. The van der Waals surface area contributed by atoms with Crippen LogP contribution < -0.4 is 9.80 Å². The van der Waals surface area contributed by atoms with Crippen molar-refractivity contribution in [2.24, 2.45) is 0 Å². The Labute approximate surface area is 134 Å². The molecule has 1 N–H and O–H groups in total. The van der Waals surface area contributed by atoms with Crippen molar-refractivity contribution in [3.8, 4) is 0 Å². The topological polar surface area (TPSA) is 24.8 Å². The van der Waals surface area contributed by atoms with Crippen molar-refractivity contribution >= 4 is 12.0 Å². The van der Waals surface area contributed by atoms with Crippen molar-refractivity contribution < 1.29 is 9.69 Å². The highest BCUT2D eigenvalue weighted by Crippen LogP contribution is 2.26. The Morgan fingerprint density at radius 2 is 1.64 bits per heavy atom. The first-order valence-electron chi connectivity index (χ1n) is 8.85. The molecule has 0 atom stereocenters. The van der Waals surface area contributed by atoms with Crippen LogP contribution in [0.25, 0.3) is 0 Å². The average molecular weight is 301 g/mol. The Morgan fingerprint density at radius 1 is 1.05 bits per heavy atom. The lowest BCUT2D eigenvalue weighted by atomic mass is 9.93. The molecule has 1 aliphatic heterocycles. The number of quaternary nitrogens is 1. The summed E-state index contributed by atoms with van der Waals surface area (Å²) >= 11 is 0. The molecule has 1 saturated carbocycles. The number of nitrogens with zero attached hydrogens (tertiary/aromatic N) is 1. The molecule has 0 amide bonds. The van der Waals surface area contributed by atoms with Gasteiger partial charge in [-0.3, -0.25) is 4.79 Å². The van der Waals surface area contributed by atoms with Gasteiger partial charge in [-0.2, -0.15) is 0 Å². The van der Waals surface area contributed by atoms with Crippen LogP contribution in [0.5, 0.6) is 0 Å². The molecule has 3 rings (SSSR count). The van der Waals surface area contributed by atoms with Crippen molar-refractivity contribution in [2.75, 3.05) is 31.1 Å². The maximum atomic E-state index is 11.0. The summed E-state index contributed by atoms with van der Waals surface area (Å²) in [5.41, 5.74) is 4.63. The summed E-state index contributed by atoms with van der Waals surface area (Å²) in [7, 11) is 0. The Kier molecular flexibility index (Phi) is 4.82. The van der Waals surface area contributed by atoms with Gasteiger partial charge in [0.15, 0.2) is 0 Å². The highest BCUT2D eigenvalue weighted by atomic mass is 16.1. The van der Waals surface area contributed by atoms with Gasteiger partial charge in [0, 0.05) is 11.3 Å². The first-order valence-corrected chi connectivity index (χ1v) is 8.85. The zero-order valence-corrected chi connectivity index (χ0v) is 14.0. The van der Waals surface area contributed by atoms with Crippen LogP contribution in [0.4, 0.5) is 5.69 Å². The number of aryl methyl sites for hydroxylation is 2. The summed E-state index contributed by atoms with van der Waals surface area (Å²) in [4.78, 5) is 15.4. The fraction of sp³-hybridized carbons (Fsp3) is 0.632. The molecule has 22 heavy (non-hydrogen) atoms.